The average Bonchev–Trinajstić information content (AvgIpc) is 3.25. The summed E-state index contributed by atoms with van der Waals surface area (Å²) in [5, 5.41) is 2.74. The van der Waals surface area contributed by atoms with Gasteiger partial charge in [-0.25, -0.2) is 9.97 Å². The van der Waals surface area contributed by atoms with Gasteiger partial charge in [0.25, 0.3) is 11.5 Å². The first-order chi connectivity index (χ1) is 14.2. The molecule has 0 fully saturated rings. The van der Waals surface area contributed by atoms with Crippen LogP contribution in [-0.4, -0.2) is 32.0 Å². The van der Waals surface area contributed by atoms with Crippen molar-refractivity contribution in [2.45, 2.75) is 45.8 Å². The first-order valence-corrected chi connectivity index (χ1v) is 9.81. The second-order valence-electron chi connectivity index (χ2n) is 8.20. The molecule has 0 aliphatic heterocycles. The Balaban J connectivity index is 1.57. The van der Waals surface area contributed by atoms with Crippen LogP contribution < -0.4 is 15.6 Å². The Morgan fingerprint density at radius 1 is 1.27 bits per heavy atom. The molecule has 0 unspecified atom stereocenters. The van der Waals surface area contributed by atoms with Crippen molar-refractivity contribution in [3.63, 3.8) is 0 Å². The zero-order valence-corrected chi connectivity index (χ0v) is 17.7. The van der Waals surface area contributed by atoms with Gasteiger partial charge in [-0.2, -0.15) is 0 Å². The summed E-state index contributed by atoms with van der Waals surface area (Å²) in [5.41, 5.74) is 0.739. The van der Waals surface area contributed by atoms with Gasteiger partial charge in [-0.15, -0.1) is 0 Å². The van der Waals surface area contributed by atoms with E-state index in [4.69, 9.17) is 4.74 Å². The standard InChI is InChI=1S/C22H27N5O3/c1-15(27-10-9-23-14-27)11-25-20(28)18-12-24-19(26-21(18)29)13-30-17-7-5-16(6-8-17)22(2,3)4/h5-10,12,14-15H,11,13H2,1-4H3,(H,25,28)(H,24,26,29)/t15-/m1/s1. The molecule has 0 saturated carbocycles. The van der Waals surface area contributed by atoms with Crippen LogP contribution >= 0.6 is 0 Å². The number of nitrogens with zero attached hydrogens (tertiary/aromatic N) is 3. The Morgan fingerprint density at radius 3 is 2.60 bits per heavy atom. The predicted molar refractivity (Wildman–Crippen MR) is 114 cm³/mol. The summed E-state index contributed by atoms with van der Waals surface area (Å²) in [6.45, 7) is 8.85. The van der Waals surface area contributed by atoms with Crippen LogP contribution in [0.25, 0.3) is 0 Å². The minimum Gasteiger partial charge on any atom is -0.486 e. The number of carbonyl (C=O) groups is 1. The second-order valence-corrected chi connectivity index (χ2v) is 8.20. The van der Waals surface area contributed by atoms with Gasteiger partial charge in [0.15, 0.2) is 0 Å². The van der Waals surface area contributed by atoms with Gasteiger partial charge in [-0.1, -0.05) is 32.9 Å². The molecular formula is C22H27N5O3. The largest absolute Gasteiger partial charge is 0.486 e. The molecule has 3 aromatic rings. The molecule has 1 amide bonds. The number of aromatic nitrogens is 4. The van der Waals surface area contributed by atoms with Gasteiger partial charge in [0.1, 0.15) is 23.7 Å². The number of imidazole rings is 1. The smallest absolute Gasteiger partial charge is 0.263 e. The normalized spacial score (nSPS) is 12.4. The maximum absolute atomic E-state index is 12.3. The van der Waals surface area contributed by atoms with Gasteiger partial charge in [0.05, 0.1) is 6.33 Å². The summed E-state index contributed by atoms with van der Waals surface area (Å²) in [6.07, 6.45) is 6.44. The van der Waals surface area contributed by atoms with Crippen molar-refractivity contribution >= 4 is 5.91 Å². The molecular weight excluding hydrogens is 382 g/mol. The lowest BCUT2D eigenvalue weighted by molar-refractivity contribution is 0.0946. The summed E-state index contributed by atoms with van der Waals surface area (Å²) in [5.74, 6) is 0.560. The lowest BCUT2D eigenvalue weighted by Gasteiger charge is -2.19. The number of amides is 1. The van der Waals surface area contributed by atoms with E-state index in [9.17, 15) is 9.59 Å². The lowest BCUT2D eigenvalue weighted by Crippen LogP contribution is -2.33. The Labute approximate surface area is 175 Å². The number of hydrogen-bond donors (Lipinski definition) is 2. The lowest BCUT2D eigenvalue weighted by atomic mass is 9.87. The quantitative estimate of drug-likeness (QED) is 0.625. The number of hydrogen-bond acceptors (Lipinski definition) is 5. The fourth-order valence-corrected chi connectivity index (χ4v) is 2.84. The van der Waals surface area contributed by atoms with Crippen molar-refractivity contribution in [1.82, 2.24) is 24.8 Å². The monoisotopic (exact) mass is 409 g/mol. The number of aromatic amines is 1. The third kappa shape index (κ3) is 5.34. The molecule has 2 N–H and O–H groups in total. The Bertz CT molecular complexity index is 1030. The van der Waals surface area contributed by atoms with Gasteiger partial charge in [0, 0.05) is 31.2 Å². The molecule has 0 saturated heterocycles. The summed E-state index contributed by atoms with van der Waals surface area (Å²) in [7, 11) is 0. The van der Waals surface area contributed by atoms with Crippen LogP contribution in [-0.2, 0) is 12.0 Å². The molecule has 0 radical (unpaired) electrons. The highest BCUT2D eigenvalue weighted by atomic mass is 16.5. The molecule has 2 aromatic heterocycles. The van der Waals surface area contributed by atoms with Crippen molar-refractivity contribution in [3.8, 4) is 5.75 Å². The minimum atomic E-state index is -0.500. The molecule has 0 aliphatic rings. The molecule has 1 aromatic carbocycles. The molecule has 158 valence electrons. The number of ether oxygens (including phenoxy) is 1. The van der Waals surface area contributed by atoms with Crippen LogP contribution in [0.2, 0.25) is 0 Å². The Hall–Kier alpha value is -3.42. The summed E-state index contributed by atoms with van der Waals surface area (Å²) in [4.78, 5) is 35.4. The highest BCUT2D eigenvalue weighted by Crippen LogP contribution is 2.24. The molecule has 8 nitrogen and oxygen atoms in total. The fourth-order valence-electron chi connectivity index (χ4n) is 2.84. The maximum atomic E-state index is 12.3. The Morgan fingerprint density at radius 2 is 2.00 bits per heavy atom. The predicted octanol–water partition coefficient (Wildman–Crippen LogP) is 2.83. The van der Waals surface area contributed by atoms with Crippen LogP contribution in [0.15, 0.2) is 54.0 Å². The maximum Gasteiger partial charge on any atom is 0.263 e. The number of carbonyl (C=O) groups excluding carboxylic acids is 1. The van der Waals surface area contributed by atoms with Gasteiger partial charge in [0.2, 0.25) is 0 Å². The van der Waals surface area contributed by atoms with Crippen molar-refractivity contribution < 1.29 is 9.53 Å². The molecule has 1 atom stereocenters. The SMILES string of the molecule is C[C@H](CNC(=O)c1cnc(COc2ccc(C(C)(C)C)cc2)[nH]c1=O)n1ccnc1. The number of nitrogens with one attached hydrogen (secondary N) is 2. The van der Waals surface area contributed by atoms with Crippen LogP contribution in [0.5, 0.6) is 5.75 Å². The van der Waals surface area contributed by atoms with Crippen LogP contribution in [0, 0.1) is 0 Å². The van der Waals surface area contributed by atoms with E-state index in [0.717, 1.165) is 0 Å². The van der Waals surface area contributed by atoms with Gasteiger partial charge >= 0.3 is 0 Å². The van der Waals surface area contributed by atoms with Gasteiger partial charge in [-0.3, -0.25) is 9.59 Å². The molecule has 0 aliphatic carbocycles. The second kappa shape index (κ2) is 8.94. The van der Waals surface area contributed by atoms with E-state index in [1.54, 1.807) is 12.5 Å². The van der Waals surface area contributed by atoms with E-state index < -0.39 is 11.5 Å². The van der Waals surface area contributed by atoms with Crippen LogP contribution in [0.1, 0.15) is 55.5 Å². The van der Waals surface area contributed by atoms with Crippen molar-refractivity contribution in [2.75, 3.05) is 6.54 Å². The minimum absolute atomic E-state index is 0.0147. The third-order valence-electron chi connectivity index (χ3n) is 4.78. The topological polar surface area (TPSA) is 102 Å². The van der Waals surface area contributed by atoms with Crippen LogP contribution in [0.4, 0.5) is 0 Å². The highest BCUT2D eigenvalue weighted by molar-refractivity contribution is 5.93. The zero-order valence-electron chi connectivity index (χ0n) is 17.7. The fraction of sp³-hybridized carbons (Fsp3) is 0.364. The molecule has 0 spiro atoms. The van der Waals surface area contributed by atoms with E-state index in [1.807, 2.05) is 42.0 Å². The first-order valence-electron chi connectivity index (χ1n) is 9.81. The van der Waals surface area contributed by atoms with Gasteiger partial charge < -0.3 is 19.6 Å². The van der Waals surface area contributed by atoms with E-state index in [0.29, 0.717) is 18.1 Å². The molecule has 2 heterocycles. The van der Waals surface area contributed by atoms with E-state index in [-0.39, 0.29) is 23.6 Å². The molecule has 3 rings (SSSR count). The van der Waals surface area contributed by atoms with E-state index in [1.165, 1.54) is 11.8 Å². The number of benzene rings is 1. The van der Waals surface area contributed by atoms with Crippen molar-refractivity contribution in [3.05, 3.63) is 76.5 Å². The van der Waals surface area contributed by atoms with E-state index >= 15 is 0 Å². The molecule has 0 bridgehead atoms. The average molecular weight is 409 g/mol. The van der Waals surface area contributed by atoms with Crippen molar-refractivity contribution in [1.29, 1.82) is 0 Å². The number of rotatable bonds is 7. The first kappa shape index (κ1) is 21.3. The number of H-pyrrole nitrogens is 1. The van der Waals surface area contributed by atoms with Crippen molar-refractivity contribution in [2.24, 2.45) is 0 Å². The summed E-state index contributed by atoms with van der Waals surface area (Å²) < 4.78 is 7.57. The van der Waals surface area contributed by atoms with Crippen LogP contribution in [0.3, 0.4) is 0 Å². The molecule has 30 heavy (non-hydrogen) atoms. The summed E-state index contributed by atoms with van der Waals surface area (Å²) in [6, 6.07) is 7.83. The Kier molecular flexibility index (Phi) is 6.34. The van der Waals surface area contributed by atoms with E-state index in [2.05, 4.69) is 41.0 Å². The molecule has 8 heteroatoms. The summed E-state index contributed by atoms with van der Waals surface area (Å²) >= 11 is 0. The highest BCUT2D eigenvalue weighted by Gasteiger charge is 2.15. The third-order valence-corrected chi connectivity index (χ3v) is 4.78. The zero-order chi connectivity index (χ0) is 21.7. The van der Waals surface area contributed by atoms with Gasteiger partial charge in [-0.05, 0) is 30.0 Å².